The Morgan fingerprint density at radius 3 is 2.16 bits per heavy atom. The summed E-state index contributed by atoms with van der Waals surface area (Å²) in [6.45, 7) is 2.14. The second-order valence-electron chi connectivity index (χ2n) is 5.83. The summed E-state index contributed by atoms with van der Waals surface area (Å²) < 4.78 is 0. The Balaban J connectivity index is 1.89. The van der Waals surface area contributed by atoms with Crippen molar-refractivity contribution in [3.05, 3.63) is 35.4 Å². The van der Waals surface area contributed by atoms with Gasteiger partial charge in [0, 0.05) is 6.42 Å². The first-order chi connectivity index (χ1) is 9.20. The van der Waals surface area contributed by atoms with Gasteiger partial charge in [-0.05, 0) is 36.3 Å². The van der Waals surface area contributed by atoms with Crippen molar-refractivity contribution in [2.24, 2.45) is 5.92 Å². The summed E-state index contributed by atoms with van der Waals surface area (Å²) in [5, 5.41) is 20.5. The molecule has 0 spiro atoms. The molecule has 2 unspecified atom stereocenters. The molecule has 1 aliphatic rings. The van der Waals surface area contributed by atoms with E-state index in [-0.39, 0.29) is 0 Å². The average Bonchev–Trinajstić information content (AvgIpc) is 2.48. The van der Waals surface area contributed by atoms with E-state index in [1.807, 2.05) is 0 Å². The molecule has 2 rings (SSSR count). The molecular weight excluding hydrogens is 236 g/mol. The maximum atomic E-state index is 10.3. The summed E-state index contributed by atoms with van der Waals surface area (Å²) in [4.78, 5) is 0. The highest BCUT2D eigenvalue weighted by molar-refractivity contribution is 5.23. The second kappa shape index (κ2) is 7.06. The van der Waals surface area contributed by atoms with Crippen LogP contribution in [0.5, 0.6) is 0 Å². The monoisotopic (exact) mass is 262 g/mol. The van der Waals surface area contributed by atoms with Gasteiger partial charge in [0.2, 0.25) is 0 Å². The molecular formula is C17H26O2. The molecule has 2 heteroatoms. The van der Waals surface area contributed by atoms with E-state index in [4.69, 9.17) is 0 Å². The number of aliphatic hydroxyl groups is 2. The molecule has 1 aliphatic carbocycles. The maximum Gasteiger partial charge on any atom is 0.0842 e. The molecule has 19 heavy (non-hydrogen) atoms. The minimum Gasteiger partial charge on any atom is -0.390 e. The van der Waals surface area contributed by atoms with E-state index in [9.17, 15) is 10.2 Å². The van der Waals surface area contributed by atoms with Crippen LogP contribution in [0.3, 0.4) is 0 Å². The number of aryl methyl sites for hydroxylation is 1. The maximum absolute atomic E-state index is 10.3. The highest BCUT2D eigenvalue weighted by Crippen LogP contribution is 2.28. The van der Waals surface area contributed by atoms with Crippen LogP contribution in [-0.2, 0) is 12.8 Å². The Labute approximate surface area is 116 Å². The summed E-state index contributed by atoms with van der Waals surface area (Å²) in [5.41, 5.74) is 2.42. The van der Waals surface area contributed by atoms with E-state index < -0.39 is 12.2 Å². The minimum atomic E-state index is -0.629. The number of rotatable bonds is 5. The third kappa shape index (κ3) is 4.05. The second-order valence-corrected chi connectivity index (χ2v) is 5.83. The van der Waals surface area contributed by atoms with E-state index in [0.29, 0.717) is 12.3 Å². The molecule has 0 heterocycles. The molecule has 1 saturated carbocycles. The first kappa shape index (κ1) is 14.5. The van der Waals surface area contributed by atoms with Crippen molar-refractivity contribution in [2.75, 3.05) is 0 Å². The van der Waals surface area contributed by atoms with Crippen molar-refractivity contribution >= 4 is 0 Å². The SMILES string of the molecule is CCc1ccc(CC(O)C(O)C2CCCCC2)cc1. The van der Waals surface area contributed by atoms with Crippen molar-refractivity contribution in [3.63, 3.8) is 0 Å². The normalized spacial score (nSPS) is 20.2. The molecule has 0 aromatic heterocycles. The predicted molar refractivity (Wildman–Crippen MR) is 78.1 cm³/mol. The van der Waals surface area contributed by atoms with Crippen LogP contribution in [-0.4, -0.2) is 22.4 Å². The quantitative estimate of drug-likeness (QED) is 0.856. The largest absolute Gasteiger partial charge is 0.390 e. The van der Waals surface area contributed by atoms with Crippen molar-refractivity contribution in [2.45, 2.75) is 64.1 Å². The van der Waals surface area contributed by atoms with Gasteiger partial charge in [-0.2, -0.15) is 0 Å². The smallest absolute Gasteiger partial charge is 0.0842 e. The van der Waals surface area contributed by atoms with Gasteiger partial charge in [0.25, 0.3) is 0 Å². The van der Waals surface area contributed by atoms with Gasteiger partial charge in [0.05, 0.1) is 12.2 Å². The Hall–Kier alpha value is -0.860. The van der Waals surface area contributed by atoms with E-state index >= 15 is 0 Å². The van der Waals surface area contributed by atoms with Gasteiger partial charge >= 0.3 is 0 Å². The lowest BCUT2D eigenvalue weighted by Crippen LogP contribution is -2.36. The molecule has 1 aromatic carbocycles. The lowest BCUT2D eigenvalue weighted by molar-refractivity contribution is -0.0263. The van der Waals surface area contributed by atoms with Crippen molar-refractivity contribution < 1.29 is 10.2 Å². The average molecular weight is 262 g/mol. The summed E-state index contributed by atoms with van der Waals surface area (Å²) in [6, 6.07) is 8.34. The zero-order valence-corrected chi connectivity index (χ0v) is 11.9. The van der Waals surface area contributed by atoms with Crippen molar-refractivity contribution in [3.8, 4) is 0 Å². The van der Waals surface area contributed by atoms with E-state index in [0.717, 1.165) is 24.8 Å². The molecule has 106 valence electrons. The zero-order chi connectivity index (χ0) is 13.7. The van der Waals surface area contributed by atoms with Gasteiger partial charge < -0.3 is 10.2 Å². The number of benzene rings is 1. The van der Waals surface area contributed by atoms with E-state index in [1.165, 1.54) is 24.8 Å². The van der Waals surface area contributed by atoms with Gasteiger partial charge in [-0.3, -0.25) is 0 Å². The molecule has 2 nitrogen and oxygen atoms in total. The number of aliphatic hydroxyl groups excluding tert-OH is 2. The standard InChI is InChI=1S/C17H26O2/c1-2-13-8-10-14(11-9-13)12-16(18)17(19)15-6-4-3-5-7-15/h8-11,15-19H,2-7,12H2,1H3. The van der Waals surface area contributed by atoms with E-state index in [2.05, 4.69) is 31.2 Å². The van der Waals surface area contributed by atoms with Gasteiger partial charge in [0.1, 0.15) is 0 Å². The van der Waals surface area contributed by atoms with Gasteiger partial charge in [-0.25, -0.2) is 0 Å². The molecule has 0 bridgehead atoms. The lowest BCUT2D eigenvalue weighted by Gasteiger charge is -2.29. The fraction of sp³-hybridized carbons (Fsp3) is 0.647. The van der Waals surface area contributed by atoms with Gasteiger partial charge in [-0.15, -0.1) is 0 Å². The zero-order valence-electron chi connectivity index (χ0n) is 11.9. The van der Waals surface area contributed by atoms with Crippen LogP contribution in [0, 0.1) is 5.92 Å². The lowest BCUT2D eigenvalue weighted by atomic mass is 9.82. The Morgan fingerprint density at radius 1 is 1.00 bits per heavy atom. The minimum absolute atomic E-state index is 0.290. The molecule has 2 N–H and O–H groups in total. The number of hydrogen-bond acceptors (Lipinski definition) is 2. The molecule has 0 amide bonds. The molecule has 2 atom stereocenters. The summed E-state index contributed by atoms with van der Waals surface area (Å²) >= 11 is 0. The van der Waals surface area contributed by atoms with Crippen LogP contribution < -0.4 is 0 Å². The van der Waals surface area contributed by atoms with Crippen LogP contribution in [0.25, 0.3) is 0 Å². The van der Waals surface area contributed by atoms with Crippen LogP contribution in [0.4, 0.5) is 0 Å². The van der Waals surface area contributed by atoms with Crippen molar-refractivity contribution in [1.82, 2.24) is 0 Å². The topological polar surface area (TPSA) is 40.5 Å². The first-order valence-corrected chi connectivity index (χ1v) is 7.64. The fourth-order valence-corrected chi connectivity index (χ4v) is 3.06. The van der Waals surface area contributed by atoms with Crippen LogP contribution in [0.15, 0.2) is 24.3 Å². The van der Waals surface area contributed by atoms with Crippen molar-refractivity contribution in [1.29, 1.82) is 0 Å². The highest BCUT2D eigenvalue weighted by atomic mass is 16.3. The Bertz CT molecular complexity index is 365. The highest BCUT2D eigenvalue weighted by Gasteiger charge is 2.27. The summed E-state index contributed by atoms with van der Waals surface area (Å²) in [5.74, 6) is 0.290. The summed E-state index contributed by atoms with van der Waals surface area (Å²) in [6.07, 6.45) is 6.19. The third-order valence-electron chi connectivity index (χ3n) is 4.40. The molecule has 0 aliphatic heterocycles. The van der Waals surface area contributed by atoms with Crippen LogP contribution in [0.1, 0.15) is 50.2 Å². The predicted octanol–water partition coefficient (Wildman–Crippen LogP) is 3.09. The first-order valence-electron chi connectivity index (χ1n) is 7.64. The molecule has 1 fully saturated rings. The van der Waals surface area contributed by atoms with Gasteiger partial charge in [0.15, 0.2) is 0 Å². The Kier molecular flexibility index (Phi) is 5.41. The van der Waals surface area contributed by atoms with Crippen LogP contribution in [0.2, 0.25) is 0 Å². The molecule has 0 radical (unpaired) electrons. The Morgan fingerprint density at radius 2 is 1.58 bits per heavy atom. The van der Waals surface area contributed by atoms with E-state index in [1.54, 1.807) is 0 Å². The third-order valence-corrected chi connectivity index (χ3v) is 4.40. The van der Waals surface area contributed by atoms with Gasteiger partial charge in [-0.1, -0.05) is 50.5 Å². The fourth-order valence-electron chi connectivity index (χ4n) is 3.06. The summed E-state index contributed by atoms with van der Waals surface area (Å²) in [7, 11) is 0. The number of hydrogen-bond donors (Lipinski definition) is 2. The molecule has 1 aromatic rings. The van der Waals surface area contributed by atoms with Crippen LogP contribution >= 0.6 is 0 Å². The molecule has 0 saturated heterocycles.